The molecule has 0 aromatic carbocycles. The first-order valence-electron chi connectivity index (χ1n) is 9.44. The quantitative estimate of drug-likeness (QED) is 0.742. The van der Waals surface area contributed by atoms with Crippen LogP contribution in [0.4, 0.5) is 10.5 Å². The van der Waals surface area contributed by atoms with E-state index in [1.165, 1.54) is 0 Å². The highest BCUT2D eigenvalue weighted by atomic mass is 35.5. The number of nitrogens with zero attached hydrogens (tertiary/aromatic N) is 3. The molecule has 28 heavy (non-hydrogen) atoms. The first-order chi connectivity index (χ1) is 13.3. The zero-order valence-electron chi connectivity index (χ0n) is 16.5. The Balaban J connectivity index is 1.37. The van der Waals surface area contributed by atoms with Gasteiger partial charge in [0.15, 0.2) is 0 Å². The summed E-state index contributed by atoms with van der Waals surface area (Å²) < 4.78 is 11.4. The van der Waals surface area contributed by atoms with Crippen LogP contribution in [-0.4, -0.2) is 47.4 Å². The van der Waals surface area contributed by atoms with Crippen molar-refractivity contribution in [3.63, 3.8) is 0 Å². The number of likely N-dealkylation sites (tertiary alicyclic amines) is 1. The van der Waals surface area contributed by atoms with Crippen LogP contribution in [0.15, 0.2) is 30.3 Å². The van der Waals surface area contributed by atoms with Crippen molar-refractivity contribution in [3.05, 3.63) is 35.4 Å². The summed E-state index contributed by atoms with van der Waals surface area (Å²) in [6.45, 7) is 7.48. The Morgan fingerprint density at radius 2 is 2.11 bits per heavy atom. The van der Waals surface area contributed by atoms with Crippen LogP contribution in [0.3, 0.4) is 0 Å². The van der Waals surface area contributed by atoms with Gasteiger partial charge in [-0.1, -0.05) is 17.2 Å². The van der Waals surface area contributed by atoms with Gasteiger partial charge in [-0.15, -0.1) is 0 Å². The summed E-state index contributed by atoms with van der Waals surface area (Å²) in [5.41, 5.74) is 3.17. The summed E-state index contributed by atoms with van der Waals surface area (Å²) in [4.78, 5) is 23.3. The molecule has 0 spiro atoms. The van der Waals surface area contributed by atoms with Gasteiger partial charge in [-0.2, -0.15) is 0 Å². The molecule has 3 rings (SSSR count). The maximum Gasteiger partial charge on any atom is 0.410 e. The maximum absolute atomic E-state index is 12.1. The van der Waals surface area contributed by atoms with Gasteiger partial charge in [0.2, 0.25) is 0 Å². The summed E-state index contributed by atoms with van der Waals surface area (Å²) in [6.07, 6.45) is 5.67. The Labute approximate surface area is 170 Å². The van der Waals surface area contributed by atoms with Crippen molar-refractivity contribution in [2.75, 3.05) is 24.7 Å². The molecule has 1 amide bonds. The number of halogens is 1. The van der Waals surface area contributed by atoms with Gasteiger partial charge >= 0.3 is 6.09 Å². The van der Waals surface area contributed by atoms with Crippen molar-refractivity contribution in [1.29, 1.82) is 0 Å². The molecule has 1 N–H and O–H groups in total. The average molecular weight is 411 g/mol. The Kier molecular flexibility index (Phi) is 6.64. The first kappa shape index (κ1) is 20.7. The molecule has 8 nitrogen and oxygen atoms in total. The normalized spacial score (nSPS) is 18.1. The van der Waals surface area contributed by atoms with Crippen LogP contribution in [0.5, 0.6) is 0 Å². The average Bonchev–Trinajstić information content (AvgIpc) is 3.10. The highest BCUT2D eigenvalue weighted by molar-refractivity contribution is 6.29. The lowest BCUT2D eigenvalue weighted by Gasteiger charge is -2.33. The molecule has 2 aliphatic heterocycles. The highest BCUT2D eigenvalue weighted by Crippen LogP contribution is 2.21. The summed E-state index contributed by atoms with van der Waals surface area (Å²) in [5, 5.41) is 2.18. The molecule has 154 valence electrons. The van der Waals surface area contributed by atoms with E-state index in [0.717, 1.165) is 24.3 Å². The van der Waals surface area contributed by atoms with E-state index in [0.29, 0.717) is 31.3 Å². The Bertz CT molecular complexity index is 697. The number of hydrogen-bond acceptors (Lipinski definition) is 7. The van der Waals surface area contributed by atoms with Gasteiger partial charge in [-0.25, -0.2) is 14.8 Å². The van der Waals surface area contributed by atoms with E-state index < -0.39 is 5.60 Å². The maximum atomic E-state index is 12.1. The second-order valence-corrected chi connectivity index (χ2v) is 8.17. The molecule has 0 atom stereocenters. The minimum absolute atomic E-state index is 0.144. The molecule has 9 heteroatoms. The zero-order valence-corrected chi connectivity index (χ0v) is 17.2. The van der Waals surface area contributed by atoms with Crippen molar-refractivity contribution in [1.82, 2.24) is 15.5 Å². The van der Waals surface area contributed by atoms with Gasteiger partial charge in [0.25, 0.3) is 0 Å². The molecule has 1 saturated heterocycles. The van der Waals surface area contributed by atoms with Gasteiger partial charge in [0.1, 0.15) is 16.5 Å². The molecule has 0 unspecified atom stereocenters. The zero-order chi connectivity index (χ0) is 20.1. The standard InChI is InChI=1S/C19H27ClN4O4/c1-19(2,3)27-18(25)23-9-6-15(7-10-23)26-11-8-16-13-24(22-28-16)14-4-5-17(20)21-12-14/h4-5,12-13,15,22H,6-11H2,1-3H3. The smallest absolute Gasteiger partial charge is 0.410 e. The fourth-order valence-electron chi connectivity index (χ4n) is 2.92. The number of pyridine rings is 1. The molecule has 1 aromatic rings. The number of carbonyl (C=O) groups excluding carboxylic acids is 1. The number of hydrazine groups is 1. The van der Waals surface area contributed by atoms with Crippen LogP contribution in [-0.2, 0) is 14.3 Å². The number of nitrogens with one attached hydrogen (secondary N) is 1. The van der Waals surface area contributed by atoms with E-state index in [9.17, 15) is 4.79 Å². The first-order valence-corrected chi connectivity index (χ1v) is 9.81. The van der Waals surface area contributed by atoms with E-state index >= 15 is 0 Å². The predicted molar refractivity (Wildman–Crippen MR) is 105 cm³/mol. The third kappa shape index (κ3) is 5.98. The minimum Gasteiger partial charge on any atom is -0.444 e. The predicted octanol–water partition coefficient (Wildman–Crippen LogP) is 3.64. The van der Waals surface area contributed by atoms with E-state index in [-0.39, 0.29) is 12.2 Å². The number of amides is 1. The van der Waals surface area contributed by atoms with Crippen LogP contribution >= 0.6 is 11.6 Å². The van der Waals surface area contributed by atoms with E-state index in [4.69, 9.17) is 25.9 Å². The molecule has 0 aliphatic carbocycles. The largest absolute Gasteiger partial charge is 0.444 e. The van der Waals surface area contributed by atoms with E-state index in [1.807, 2.05) is 33.0 Å². The van der Waals surface area contributed by atoms with Gasteiger partial charge in [0, 0.05) is 19.5 Å². The van der Waals surface area contributed by atoms with Gasteiger partial charge < -0.3 is 19.2 Å². The van der Waals surface area contributed by atoms with Gasteiger partial charge in [-0.3, -0.25) is 0 Å². The van der Waals surface area contributed by atoms with Crippen LogP contribution in [0, 0.1) is 0 Å². The number of aromatic nitrogens is 1. The van der Waals surface area contributed by atoms with E-state index in [1.54, 1.807) is 22.2 Å². The Hall–Kier alpha value is -2.03. The molecule has 0 bridgehead atoms. The van der Waals surface area contributed by atoms with Crippen molar-refractivity contribution < 1.29 is 19.1 Å². The number of ether oxygens (including phenoxy) is 2. The molecular formula is C19H27ClN4O4. The summed E-state index contributed by atoms with van der Waals surface area (Å²) in [6, 6.07) is 3.57. The summed E-state index contributed by atoms with van der Waals surface area (Å²) in [7, 11) is 0. The van der Waals surface area contributed by atoms with Gasteiger partial charge in [-0.05, 0) is 45.7 Å². The molecule has 1 fully saturated rings. The van der Waals surface area contributed by atoms with Crippen LogP contribution in [0.25, 0.3) is 0 Å². The summed E-state index contributed by atoms with van der Waals surface area (Å²) >= 11 is 5.80. The molecular weight excluding hydrogens is 384 g/mol. The minimum atomic E-state index is -0.469. The second-order valence-electron chi connectivity index (χ2n) is 7.79. The molecule has 2 aliphatic rings. The third-order valence-corrected chi connectivity index (χ3v) is 4.56. The second kappa shape index (κ2) is 8.98. The van der Waals surface area contributed by atoms with Crippen LogP contribution in [0.2, 0.25) is 5.15 Å². The lowest BCUT2D eigenvalue weighted by atomic mass is 10.1. The van der Waals surface area contributed by atoms with E-state index in [2.05, 4.69) is 10.6 Å². The fourth-order valence-corrected chi connectivity index (χ4v) is 3.03. The van der Waals surface area contributed by atoms with Crippen molar-refractivity contribution >= 4 is 23.4 Å². The molecule has 0 saturated carbocycles. The lowest BCUT2D eigenvalue weighted by molar-refractivity contribution is -0.0133. The number of carbonyl (C=O) groups is 1. The highest BCUT2D eigenvalue weighted by Gasteiger charge is 2.27. The third-order valence-electron chi connectivity index (χ3n) is 4.33. The number of rotatable bonds is 5. The molecule has 1 aromatic heterocycles. The number of anilines is 1. The van der Waals surface area contributed by atoms with Crippen molar-refractivity contribution in [2.24, 2.45) is 0 Å². The Morgan fingerprint density at radius 1 is 1.36 bits per heavy atom. The fraction of sp³-hybridized carbons (Fsp3) is 0.579. The van der Waals surface area contributed by atoms with Gasteiger partial charge in [0.05, 0.1) is 30.8 Å². The topological polar surface area (TPSA) is 76.2 Å². The number of hydrogen-bond donors (Lipinski definition) is 1. The van der Waals surface area contributed by atoms with Crippen LogP contribution in [0.1, 0.15) is 40.0 Å². The number of piperidine rings is 1. The molecule has 3 heterocycles. The SMILES string of the molecule is CC(C)(C)OC(=O)N1CCC(OCCC2=CN(c3ccc(Cl)nc3)NO2)CC1. The van der Waals surface area contributed by atoms with Crippen LogP contribution < -0.4 is 10.6 Å². The summed E-state index contributed by atoms with van der Waals surface area (Å²) in [5.74, 6) is 0.779. The van der Waals surface area contributed by atoms with Crippen molar-refractivity contribution in [3.8, 4) is 0 Å². The monoisotopic (exact) mass is 410 g/mol. The molecule has 0 radical (unpaired) electrons. The van der Waals surface area contributed by atoms with Crippen molar-refractivity contribution in [2.45, 2.75) is 51.7 Å². The Morgan fingerprint density at radius 3 is 2.75 bits per heavy atom. The lowest BCUT2D eigenvalue weighted by Crippen LogP contribution is -2.43.